The summed E-state index contributed by atoms with van der Waals surface area (Å²) in [5.74, 6) is -0.633. The summed E-state index contributed by atoms with van der Waals surface area (Å²) in [7, 11) is 0. The number of halogens is 1. The van der Waals surface area contributed by atoms with Crippen molar-refractivity contribution in [1.29, 1.82) is 0 Å². The van der Waals surface area contributed by atoms with Crippen molar-refractivity contribution in [3.05, 3.63) is 29.6 Å². The van der Waals surface area contributed by atoms with E-state index in [9.17, 15) is 9.18 Å². The molecule has 1 aliphatic heterocycles. The summed E-state index contributed by atoms with van der Waals surface area (Å²) in [5.41, 5.74) is 5.87. The van der Waals surface area contributed by atoms with Crippen molar-refractivity contribution in [3.63, 3.8) is 0 Å². The summed E-state index contributed by atoms with van der Waals surface area (Å²) in [6, 6.07) is 4.69. The molecule has 0 bridgehead atoms. The van der Waals surface area contributed by atoms with Gasteiger partial charge in [-0.1, -0.05) is 0 Å². The van der Waals surface area contributed by atoms with Crippen LogP contribution in [0.15, 0.2) is 18.2 Å². The summed E-state index contributed by atoms with van der Waals surface area (Å²) in [6.45, 7) is 4.09. The third-order valence-corrected chi connectivity index (χ3v) is 3.68. The van der Waals surface area contributed by atoms with Crippen molar-refractivity contribution in [3.8, 4) is 0 Å². The highest BCUT2D eigenvalue weighted by Gasteiger charge is 2.29. The number of amides is 1. The van der Waals surface area contributed by atoms with Gasteiger partial charge in [-0.3, -0.25) is 4.79 Å². The molecule has 1 aromatic carbocycles. The third kappa shape index (κ3) is 2.33. The van der Waals surface area contributed by atoms with Crippen LogP contribution >= 0.6 is 0 Å². The molecule has 18 heavy (non-hydrogen) atoms. The fourth-order valence-electron chi connectivity index (χ4n) is 2.63. The standard InChI is InChI=1S/C14H19FN2O/c1-9-4-3-5-10(2)17(9)14(18)11-6-7-13(16)12(15)8-11/h6-10H,3-5,16H2,1-2H3. The topological polar surface area (TPSA) is 46.3 Å². The van der Waals surface area contributed by atoms with Crippen molar-refractivity contribution in [2.24, 2.45) is 0 Å². The van der Waals surface area contributed by atoms with Gasteiger partial charge >= 0.3 is 0 Å². The first kappa shape index (κ1) is 12.9. The van der Waals surface area contributed by atoms with E-state index in [1.807, 2.05) is 18.7 Å². The summed E-state index contributed by atoms with van der Waals surface area (Å²) in [5, 5.41) is 0. The maximum absolute atomic E-state index is 13.4. The average molecular weight is 250 g/mol. The Morgan fingerprint density at radius 2 is 1.94 bits per heavy atom. The number of nitrogen functional groups attached to an aromatic ring is 1. The second kappa shape index (κ2) is 4.96. The zero-order valence-electron chi connectivity index (χ0n) is 10.8. The maximum Gasteiger partial charge on any atom is 0.254 e. The van der Waals surface area contributed by atoms with E-state index in [4.69, 9.17) is 5.73 Å². The minimum absolute atomic E-state index is 0.0753. The van der Waals surface area contributed by atoms with Gasteiger partial charge in [0.25, 0.3) is 5.91 Å². The quantitative estimate of drug-likeness (QED) is 0.779. The second-order valence-electron chi connectivity index (χ2n) is 5.08. The molecule has 1 saturated heterocycles. The van der Waals surface area contributed by atoms with Gasteiger partial charge in [-0.2, -0.15) is 0 Å². The molecule has 3 nitrogen and oxygen atoms in total. The zero-order valence-corrected chi connectivity index (χ0v) is 10.8. The Morgan fingerprint density at radius 1 is 1.33 bits per heavy atom. The monoisotopic (exact) mass is 250 g/mol. The molecule has 1 aliphatic rings. The van der Waals surface area contributed by atoms with Crippen molar-refractivity contribution in [2.45, 2.75) is 45.2 Å². The molecule has 2 atom stereocenters. The Morgan fingerprint density at radius 3 is 2.50 bits per heavy atom. The molecule has 2 rings (SSSR count). The first-order valence-corrected chi connectivity index (χ1v) is 6.38. The molecule has 1 amide bonds. The van der Waals surface area contributed by atoms with Crippen molar-refractivity contribution >= 4 is 11.6 Å². The van der Waals surface area contributed by atoms with E-state index in [0.29, 0.717) is 5.56 Å². The SMILES string of the molecule is CC1CCCC(C)N1C(=O)c1ccc(N)c(F)c1. The fourth-order valence-corrected chi connectivity index (χ4v) is 2.63. The maximum atomic E-state index is 13.4. The van der Waals surface area contributed by atoms with Gasteiger partial charge in [0.1, 0.15) is 5.82 Å². The summed E-state index contributed by atoms with van der Waals surface area (Å²) < 4.78 is 13.4. The zero-order chi connectivity index (χ0) is 13.3. The predicted octanol–water partition coefficient (Wildman–Crippen LogP) is 2.81. The number of likely N-dealkylation sites (tertiary alicyclic amines) is 1. The van der Waals surface area contributed by atoms with Crippen molar-refractivity contribution < 1.29 is 9.18 Å². The number of nitrogens with zero attached hydrogens (tertiary/aromatic N) is 1. The van der Waals surface area contributed by atoms with Crippen LogP contribution in [0.4, 0.5) is 10.1 Å². The smallest absolute Gasteiger partial charge is 0.254 e. The fraction of sp³-hybridized carbons (Fsp3) is 0.500. The van der Waals surface area contributed by atoms with Gasteiger partial charge in [-0.25, -0.2) is 4.39 Å². The summed E-state index contributed by atoms with van der Waals surface area (Å²) >= 11 is 0. The van der Waals surface area contributed by atoms with E-state index < -0.39 is 5.82 Å². The van der Waals surface area contributed by atoms with Crippen LogP contribution in [0.3, 0.4) is 0 Å². The third-order valence-electron chi connectivity index (χ3n) is 3.68. The van der Waals surface area contributed by atoms with Crippen molar-refractivity contribution in [2.75, 3.05) is 5.73 Å². The van der Waals surface area contributed by atoms with Gasteiger partial charge in [-0.05, 0) is 51.3 Å². The van der Waals surface area contributed by atoms with Gasteiger partial charge < -0.3 is 10.6 Å². The number of carbonyl (C=O) groups is 1. The Balaban J connectivity index is 2.26. The second-order valence-corrected chi connectivity index (χ2v) is 5.08. The minimum Gasteiger partial charge on any atom is -0.396 e. The summed E-state index contributed by atoms with van der Waals surface area (Å²) in [6.07, 6.45) is 3.16. The molecular weight excluding hydrogens is 231 g/mol. The van der Waals surface area contributed by atoms with Crippen LogP contribution in [0.5, 0.6) is 0 Å². The van der Waals surface area contributed by atoms with E-state index in [1.54, 1.807) is 6.07 Å². The average Bonchev–Trinajstić information content (AvgIpc) is 2.32. The van der Waals surface area contributed by atoms with Crippen LogP contribution < -0.4 is 5.73 Å². The van der Waals surface area contributed by atoms with E-state index in [-0.39, 0.29) is 23.7 Å². The molecule has 98 valence electrons. The minimum atomic E-state index is -0.529. The molecule has 1 aromatic rings. The lowest BCUT2D eigenvalue weighted by atomic mass is 9.96. The van der Waals surface area contributed by atoms with E-state index in [2.05, 4.69) is 0 Å². The highest BCUT2D eigenvalue weighted by molar-refractivity contribution is 5.95. The number of carbonyl (C=O) groups excluding carboxylic acids is 1. The van der Waals surface area contributed by atoms with E-state index >= 15 is 0 Å². The lowest BCUT2D eigenvalue weighted by Crippen LogP contribution is -2.47. The van der Waals surface area contributed by atoms with Gasteiger partial charge in [-0.15, -0.1) is 0 Å². The predicted molar refractivity (Wildman–Crippen MR) is 69.8 cm³/mol. The largest absolute Gasteiger partial charge is 0.396 e. The molecule has 0 spiro atoms. The molecule has 2 unspecified atom stereocenters. The van der Waals surface area contributed by atoms with E-state index in [0.717, 1.165) is 19.3 Å². The molecule has 0 radical (unpaired) electrons. The Bertz CT molecular complexity index is 451. The van der Waals surface area contributed by atoms with Crippen LogP contribution in [0.1, 0.15) is 43.5 Å². The molecule has 1 fully saturated rings. The van der Waals surface area contributed by atoms with Crippen LogP contribution in [0.25, 0.3) is 0 Å². The number of rotatable bonds is 1. The number of benzene rings is 1. The van der Waals surface area contributed by atoms with Crippen LogP contribution in [0.2, 0.25) is 0 Å². The number of hydrogen-bond donors (Lipinski definition) is 1. The molecule has 0 saturated carbocycles. The highest BCUT2D eigenvalue weighted by Crippen LogP contribution is 2.25. The Hall–Kier alpha value is -1.58. The van der Waals surface area contributed by atoms with E-state index in [1.165, 1.54) is 12.1 Å². The van der Waals surface area contributed by atoms with Crippen molar-refractivity contribution in [1.82, 2.24) is 4.90 Å². The Labute approximate surface area is 107 Å². The molecule has 0 aliphatic carbocycles. The molecule has 1 heterocycles. The van der Waals surface area contributed by atoms with Crippen LogP contribution in [-0.4, -0.2) is 22.9 Å². The lowest BCUT2D eigenvalue weighted by Gasteiger charge is -2.39. The van der Waals surface area contributed by atoms with Crippen LogP contribution in [-0.2, 0) is 0 Å². The molecule has 0 aromatic heterocycles. The number of hydrogen-bond acceptors (Lipinski definition) is 2. The van der Waals surface area contributed by atoms with Gasteiger partial charge in [0.15, 0.2) is 0 Å². The normalized spacial score (nSPS) is 24.1. The number of anilines is 1. The lowest BCUT2D eigenvalue weighted by molar-refractivity contribution is 0.0510. The molecule has 2 N–H and O–H groups in total. The van der Waals surface area contributed by atoms with Gasteiger partial charge in [0.2, 0.25) is 0 Å². The first-order valence-electron chi connectivity index (χ1n) is 6.38. The highest BCUT2D eigenvalue weighted by atomic mass is 19.1. The first-order chi connectivity index (χ1) is 8.50. The Kier molecular flexibility index (Phi) is 3.55. The van der Waals surface area contributed by atoms with Crippen LogP contribution in [0, 0.1) is 5.82 Å². The van der Waals surface area contributed by atoms with Gasteiger partial charge in [0.05, 0.1) is 5.69 Å². The summed E-state index contributed by atoms with van der Waals surface area (Å²) in [4.78, 5) is 14.3. The number of nitrogens with two attached hydrogens (primary N) is 1. The van der Waals surface area contributed by atoms with Gasteiger partial charge in [0, 0.05) is 17.6 Å². The molecule has 4 heteroatoms. The molecular formula is C14H19FN2O. The number of piperidine rings is 1.